The number of carbonyl (C=O) groups excluding carboxylic acids is 3. The van der Waals surface area contributed by atoms with Crippen molar-refractivity contribution in [3.05, 3.63) is 65.6 Å². The summed E-state index contributed by atoms with van der Waals surface area (Å²) in [6.07, 6.45) is 5.29. The van der Waals surface area contributed by atoms with Crippen molar-refractivity contribution in [2.75, 3.05) is 12.0 Å². The van der Waals surface area contributed by atoms with Gasteiger partial charge in [0.15, 0.2) is 0 Å². The summed E-state index contributed by atoms with van der Waals surface area (Å²) >= 11 is 0. The Morgan fingerprint density at radius 2 is 1.94 bits per heavy atom. The number of methoxy groups -OCH3 is 1. The number of nitrogens with one attached hydrogen (secondary N) is 2. The molecule has 0 radical (unpaired) electrons. The molecule has 2 aliphatic heterocycles. The zero-order valence-corrected chi connectivity index (χ0v) is 17.7. The summed E-state index contributed by atoms with van der Waals surface area (Å²) in [5.74, 6) is -0.670. The number of rotatable bonds is 4. The van der Waals surface area contributed by atoms with E-state index in [4.69, 9.17) is 4.74 Å². The highest BCUT2D eigenvalue weighted by Gasteiger charge is 2.42. The van der Waals surface area contributed by atoms with Crippen molar-refractivity contribution >= 4 is 45.3 Å². The molecule has 3 amide bonds. The molecule has 5 heterocycles. The minimum absolute atomic E-state index is 0.179. The molecule has 2 unspecified atom stereocenters. The minimum Gasteiger partial charge on any atom is -0.372 e. The Morgan fingerprint density at radius 1 is 1.09 bits per heavy atom. The maximum Gasteiger partial charge on any atom is 0.260 e. The summed E-state index contributed by atoms with van der Waals surface area (Å²) in [5, 5.41) is 4.78. The molecule has 3 aromatic heterocycles. The SMILES string of the molecule is COC(c1c[nH]c2ncccc12)c1cnc2c3c(cccc13)C(=O)N2C1CCC(=O)NC1=O. The molecule has 0 aliphatic carbocycles. The predicted molar refractivity (Wildman–Crippen MR) is 120 cm³/mol. The lowest BCUT2D eigenvalue weighted by atomic mass is 9.96. The predicted octanol–water partition coefficient (Wildman–Crippen LogP) is 2.61. The largest absolute Gasteiger partial charge is 0.372 e. The van der Waals surface area contributed by atoms with Gasteiger partial charge in [0.25, 0.3) is 5.91 Å². The van der Waals surface area contributed by atoms with Crippen LogP contribution in [0.15, 0.2) is 48.9 Å². The molecule has 1 fully saturated rings. The van der Waals surface area contributed by atoms with Gasteiger partial charge in [0.2, 0.25) is 11.8 Å². The van der Waals surface area contributed by atoms with E-state index in [2.05, 4.69) is 20.3 Å². The number of hydrogen-bond acceptors (Lipinski definition) is 6. The quantitative estimate of drug-likeness (QED) is 0.470. The zero-order valence-electron chi connectivity index (χ0n) is 17.7. The summed E-state index contributed by atoms with van der Waals surface area (Å²) in [7, 11) is 1.63. The number of ether oxygens (including phenoxy) is 1. The van der Waals surface area contributed by atoms with Gasteiger partial charge in [-0.05, 0) is 30.0 Å². The molecule has 9 nitrogen and oxygen atoms in total. The maximum atomic E-state index is 13.3. The molecule has 0 saturated carbocycles. The second kappa shape index (κ2) is 7.21. The fourth-order valence-corrected chi connectivity index (χ4v) is 4.93. The van der Waals surface area contributed by atoms with Gasteiger partial charge in [0.05, 0.1) is 5.56 Å². The van der Waals surface area contributed by atoms with E-state index < -0.39 is 18.1 Å². The van der Waals surface area contributed by atoms with Crippen molar-refractivity contribution in [1.29, 1.82) is 0 Å². The Bertz CT molecular complexity index is 1480. The molecule has 0 bridgehead atoms. The number of anilines is 1. The second-order valence-corrected chi connectivity index (χ2v) is 8.17. The molecule has 2 N–H and O–H groups in total. The number of piperidine rings is 1. The molecule has 164 valence electrons. The van der Waals surface area contributed by atoms with E-state index in [1.54, 1.807) is 25.6 Å². The van der Waals surface area contributed by atoms with Gasteiger partial charge in [0.1, 0.15) is 23.6 Å². The van der Waals surface area contributed by atoms with Gasteiger partial charge in [-0.25, -0.2) is 9.97 Å². The van der Waals surface area contributed by atoms with Gasteiger partial charge in [-0.3, -0.25) is 24.6 Å². The van der Waals surface area contributed by atoms with Gasteiger partial charge in [-0.1, -0.05) is 12.1 Å². The first-order valence-electron chi connectivity index (χ1n) is 10.6. The van der Waals surface area contributed by atoms with Crippen molar-refractivity contribution in [3.8, 4) is 0 Å². The highest BCUT2D eigenvalue weighted by Crippen LogP contribution is 2.42. The monoisotopic (exact) mass is 441 g/mol. The number of aromatic nitrogens is 3. The molecule has 6 rings (SSSR count). The Hall–Kier alpha value is -4.11. The third-order valence-corrected chi connectivity index (χ3v) is 6.41. The molecular weight excluding hydrogens is 422 g/mol. The maximum absolute atomic E-state index is 13.3. The number of pyridine rings is 2. The van der Waals surface area contributed by atoms with Crippen molar-refractivity contribution in [2.45, 2.75) is 25.0 Å². The van der Waals surface area contributed by atoms with E-state index in [-0.39, 0.29) is 24.7 Å². The molecule has 1 aromatic carbocycles. The van der Waals surface area contributed by atoms with Crippen LogP contribution >= 0.6 is 0 Å². The number of amides is 3. The molecule has 0 spiro atoms. The number of aromatic amines is 1. The Labute approximate surface area is 187 Å². The average Bonchev–Trinajstić information content (AvgIpc) is 3.37. The van der Waals surface area contributed by atoms with Gasteiger partial charge in [0, 0.05) is 54.0 Å². The standard InChI is InChI=1S/C24H19N5O4/c1-33-20(16-10-26-21-13(16)6-3-9-25-21)15-11-27-22-19-12(15)4-2-5-14(19)24(32)29(22)17-7-8-18(30)28-23(17)31/h2-6,9-11,17,20H,7-8H2,1H3,(H,25,26)(H,28,30,31). The van der Waals surface area contributed by atoms with Gasteiger partial charge in [-0.2, -0.15) is 0 Å². The second-order valence-electron chi connectivity index (χ2n) is 8.17. The molecule has 2 atom stereocenters. The zero-order chi connectivity index (χ0) is 22.7. The number of nitrogens with zero attached hydrogens (tertiary/aromatic N) is 3. The van der Waals surface area contributed by atoms with E-state index in [9.17, 15) is 14.4 Å². The van der Waals surface area contributed by atoms with Crippen LogP contribution in [0.5, 0.6) is 0 Å². The first-order valence-corrected chi connectivity index (χ1v) is 10.6. The van der Waals surface area contributed by atoms with E-state index in [0.29, 0.717) is 16.8 Å². The highest BCUT2D eigenvalue weighted by molar-refractivity contribution is 6.26. The lowest BCUT2D eigenvalue weighted by Gasteiger charge is -2.29. The van der Waals surface area contributed by atoms with Gasteiger partial charge >= 0.3 is 0 Å². The number of benzene rings is 1. The van der Waals surface area contributed by atoms with Crippen LogP contribution in [-0.2, 0) is 14.3 Å². The summed E-state index contributed by atoms with van der Waals surface area (Å²) in [6.45, 7) is 0. The smallest absolute Gasteiger partial charge is 0.260 e. The minimum atomic E-state index is -0.776. The first kappa shape index (κ1) is 19.6. The summed E-state index contributed by atoms with van der Waals surface area (Å²) in [6, 6.07) is 8.56. The fourth-order valence-electron chi connectivity index (χ4n) is 4.93. The Balaban J connectivity index is 1.51. The molecule has 2 aliphatic rings. The van der Waals surface area contributed by atoms with E-state index in [0.717, 1.165) is 27.5 Å². The molecular formula is C24H19N5O4. The number of carbonyl (C=O) groups is 3. The van der Waals surface area contributed by atoms with Crippen LogP contribution in [0.1, 0.15) is 40.4 Å². The van der Waals surface area contributed by atoms with Crippen molar-refractivity contribution in [2.24, 2.45) is 0 Å². The third-order valence-electron chi connectivity index (χ3n) is 6.41. The normalized spacial score (nSPS) is 18.9. The number of hydrogen-bond donors (Lipinski definition) is 2. The van der Waals surface area contributed by atoms with Crippen LogP contribution < -0.4 is 10.2 Å². The third kappa shape index (κ3) is 2.79. The molecule has 33 heavy (non-hydrogen) atoms. The van der Waals surface area contributed by atoms with Gasteiger partial charge in [-0.15, -0.1) is 0 Å². The summed E-state index contributed by atoms with van der Waals surface area (Å²) in [4.78, 5) is 51.1. The number of imide groups is 1. The lowest BCUT2D eigenvalue weighted by molar-refractivity contribution is -0.134. The summed E-state index contributed by atoms with van der Waals surface area (Å²) < 4.78 is 5.91. The van der Waals surface area contributed by atoms with E-state index in [1.807, 2.05) is 30.5 Å². The van der Waals surface area contributed by atoms with Crippen LogP contribution in [0.4, 0.5) is 5.82 Å². The van der Waals surface area contributed by atoms with Gasteiger partial charge < -0.3 is 9.72 Å². The molecule has 1 saturated heterocycles. The molecule has 9 heteroatoms. The first-order chi connectivity index (χ1) is 16.1. The average molecular weight is 441 g/mol. The number of H-pyrrole nitrogens is 1. The Kier molecular flexibility index (Phi) is 4.27. The van der Waals surface area contributed by atoms with E-state index >= 15 is 0 Å². The molecule has 4 aromatic rings. The van der Waals surface area contributed by atoms with Crippen LogP contribution in [0.2, 0.25) is 0 Å². The Morgan fingerprint density at radius 3 is 2.76 bits per heavy atom. The van der Waals surface area contributed by atoms with Crippen LogP contribution in [0, 0.1) is 0 Å². The van der Waals surface area contributed by atoms with Crippen molar-refractivity contribution in [1.82, 2.24) is 20.3 Å². The van der Waals surface area contributed by atoms with Crippen molar-refractivity contribution < 1.29 is 19.1 Å². The summed E-state index contributed by atoms with van der Waals surface area (Å²) in [5.41, 5.74) is 2.96. The van der Waals surface area contributed by atoms with Crippen LogP contribution in [-0.4, -0.2) is 45.8 Å². The highest BCUT2D eigenvalue weighted by atomic mass is 16.5. The number of fused-ring (bicyclic) bond motifs is 1. The van der Waals surface area contributed by atoms with Crippen LogP contribution in [0.25, 0.3) is 21.8 Å². The van der Waals surface area contributed by atoms with E-state index in [1.165, 1.54) is 4.90 Å². The van der Waals surface area contributed by atoms with Crippen LogP contribution in [0.3, 0.4) is 0 Å². The van der Waals surface area contributed by atoms with Crippen molar-refractivity contribution in [3.63, 3.8) is 0 Å². The lowest BCUT2D eigenvalue weighted by Crippen LogP contribution is -2.53. The fraction of sp³-hybridized carbons (Fsp3) is 0.208. The topological polar surface area (TPSA) is 117 Å².